The topological polar surface area (TPSA) is 49.4 Å². The summed E-state index contributed by atoms with van der Waals surface area (Å²) in [5, 5.41) is 2.74. The Bertz CT molecular complexity index is 493. The zero-order chi connectivity index (χ0) is 13.1. The maximum Gasteiger partial charge on any atom is 0.247 e. The van der Waals surface area contributed by atoms with Crippen LogP contribution in [0.2, 0.25) is 0 Å². The number of amides is 2. The van der Waals surface area contributed by atoms with Crippen molar-refractivity contribution in [2.24, 2.45) is 0 Å². The van der Waals surface area contributed by atoms with Crippen molar-refractivity contribution in [3.8, 4) is 0 Å². The molecular weight excluding hydrogens is 248 g/mol. The molecule has 0 radical (unpaired) electrons. The van der Waals surface area contributed by atoms with Gasteiger partial charge in [-0.25, -0.2) is 0 Å². The third-order valence-corrected chi connectivity index (χ3v) is 3.90. The minimum absolute atomic E-state index is 0.0880. The number of carbonyl (C=O) groups is 2. The van der Waals surface area contributed by atoms with Crippen molar-refractivity contribution >= 4 is 29.2 Å². The fourth-order valence-corrected chi connectivity index (χ4v) is 2.66. The fraction of sp³-hybridized carbons (Fsp3) is 0.385. The molecule has 2 heterocycles. The second kappa shape index (κ2) is 5.35. The highest BCUT2D eigenvalue weighted by atomic mass is 32.1. The summed E-state index contributed by atoms with van der Waals surface area (Å²) < 4.78 is 0. The minimum atomic E-state index is -0.388. The lowest BCUT2D eigenvalue weighted by atomic mass is 10.2. The molecular formula is C13H16N2O2S. The van der Waals surface area contributed by atoms with Gasteiger partial charge in [-0.3, -0.25) is 9.59 Å². The first-order valence-electron chi connectivity index (χ1n) is 5.91. The lowest BCUT2D eigenvalue weighted by Crippen LogP contribution is -2.55. The Labute approximate surface area is 110 Å². The first-order valence-corrected chi connectivity index (χ1v) is 6.72. The van der Waals surface area contributed by atoms with Crippen LogP contribution in [0.1, 0.15) is 16.7 Å². The van der Waals surface area contributed by atoms with Gasteiger partial charge in [0.1, 0.15) is 6.04 Å². The molecule has 1 fully saturated rings. The van der Waals surface area contributed by atoms with Crippen molar-refractivity contribution in [1.82, 2.24) is 10.2 Å². The predicted molar refractivity (Wildman–Crippen MR) is 72.3 cm³/mol. The van der Waals surface area contributed by atoms with E-state index >= 15 is 0 Å². The van der Waals surface area contributed by atoms with Gasteiger partial charge in [-0.1, -0.05) is 0 Å². The van der Waals surface area contributed by atoms with Crippen LogP contribution in [-0.4, -0.2) is 35.8 Å². The Balaban J connectivity index is 2.03. The van der Waals surface area contributed by atoms with Gasteiger partial charge < -0.3 is 10.2 Å². The highest BCUT2D eigenvalue weighted by molar-refractivity contribution is 7.12. The van der Waals surface area contributed by atoms with Crippen LogP contribution in [0.3, 0.4) is 0 Å². The highest BCUT2D eigenvalue weighted by Crippen LogP contribution is 2.16. The largest absolute Gasteiger partial charge is 0.353 e. The van der Waals surface area contributed by atoms with Gasteiger partial charge in [0.05, 0.1) is 0 Å². The summed E-state index contributed by atoms with van der Waals surface area (Å²) in [6.45, 7) is 4.87. The first-order chi connectivity index (χ1) is 8.58. The molecule has 18 heavy (non-hydrogen) atoms. The molecule has 1 N–H and O–H groups in total. The van der Waals surface area contributed by atoms with E-state index in [1.54, 1.807) is 35.3 Å². The Hall–Kier alpha value is -1.62. The second-order valence-corrected chi connectivity index (χ2v) is 5.60. The van der Waals surface area contributed by atoms with Crippen molar-refractivity contribution in [3.63, 3.8) is 0 Å². The van der Waals surface area contributed by atoms with Crippen LogP contribution in [0.15, 0.2) is 18.2 Å². The Morgan fingerprint density at radius 1 is 1.56 bits per heavy atom. The van der Waals surface area contributed by atoms with Crippen LogP contribution in [0.4, 0.5) is 0 Å². The number of hydrogen-bond donors (Lipinski definition) is 1. The average molecular weight is 264 g/mol. The normalized spacial score (nSPS) is 20.2. The summed E-state index contributed by atoms with van der Waals surface area (Å²) >= 11 is 1.64. The predicted octanol–water partition coefficient (Wildman–Crippen LogP) is 1.42. The zero-order valence-corrected chi connectivity index (χ0v) is 11.3. The van der Waals surface area contributed by atoms with Crippen LogP contribution in [0.25, 0.3) is 6.08 Å². The van der Waals surface area contributed by atoms with E-state index in [-0.39, 0.29) is 17.9 Å². The van der Waals surface area contributed by atoms with E-state index in [4.69, 9.17) is 0 Å². The van der Waals surface area contributed by atoms with Gasteiger partial charge in [-0.15, -0.1) is 11.3 Å². The monoisotopic (exact) mass is 264 g/mol. The van der Waals surface area contributed by atoms with E-state index < -0.39 is 0 Å². The number of aryl methyl sites for hydroxylation is 1. The molecule has 96 valence electrons. The molecule has 0 aromatic carbocycles. The molecule has 4 nitrogen and oxygen atoms in total. The molecule has 1 atom stereocenters. The lowest BCUT2D eigenvalue weighted by Gasteiger charge is -2.31. The third-order valence-electron chi connectivity index (χ3n) is 2.93. The van der Waals surface area contributed by atoms with Crippen molar-refractivity contribution in [3.05, 3.63) is 28.0 Å². The number of hydrogen-bond acceptors (Lipinski definition) is 3. The van der Waals surface area contributed by atoms with E-state index in [9.17, 15) is 9.59 Å². The molecule has 0 bridgehead atoms. The molecule has 2 amide bonds. The molecule has 0 spiro atoms. The van der Waals surface area contributed by atoms with Gasteiger partial charge in [-0.2, -0.15) is 0 Å². The van der Waals surface area contributed by atoms with Crippen molar-refractivity contribution < 1.29 is 9.59 Å². The maximum atomic E-state index is 12.0. The molecule has 1 unspecified atom stereocenters. The Morgan fingerprint density at radius 2 is 2.33 bits per heavy atom. The number of nitrogens with one attached hydrogen (secondary N) is 1. The molecule has 0 saturated carbocycles. The lowest BCUT2D eigenvalue weighted by molar-refractivity contribution is -0.139. The molecule has 1 aliphatic rings. The van der Waals surface area contributed by atoms with E-state index in [1.807, 2.05) is 19.1 Å². The van der Waals surface area contributed by atoms with E-state index in [0.717, 1.165) is 4.88 Å². The average Bonchev–Trinajstić information content (AvgIpc) is 2.76. The Morgan fingerprint density at radius 3 is 3.00 bits per heavy atom. The molecule has 5 heteroatoms. The second-order valence-electron chi connectivity index (χ2n) is 4.28. The SMILES string of the molecule is Cc1ccc(/C=C/C(=O)N2CCNC(=O)C2C)s1. The summed E-state index contributed by atoms with van der Waals surface area (Å²) in [4.78, 5) is 27.3. The summed E-state index contributed by atoms with van der Waals surface area (Å²) in [6, 6.07) is 3.61. The van der Waals surface area contributed by atoms with Crippen LogP contribution in [0.5, 0.6) is 0 Å². The zero-order valence-electron chi connectivity index (χ0n) is 10.5. The molecule has 1 saturated heterocycles. The number of thiophene rings is 1. The summed E-state index contributed by atoms with van der Waals surface area (Å²) in [5.74, 6) is -0.196. The summed E-state index contributed by atoms with van der Waals surface area (Å²) in [7, 11) is 0. The van der Waals surface area contributed by atoms with Crippen LogP contribution >= 0.6 is 11.3 Å². The van der Waals surface area contributed by atoms with Gasteiger partial charge in [0.15, 0.2) is 0 Å². The minimum Gasteiger partial charge on any atom is -0.353 e. The summed E-state index contributed by atoms with van der Waals surface area (Å²) in [6.07, 6.45) is 3.35. The van der Waals surface area contributed by atoms with E-state index in [2.05, 4.69) is 5.32 Å². The van der Waals surface area contributed by atoms with Gasteiger partial charge in [0, 0.05) is 28.9 Å². The van der Waals surface area contributed by atoms with Crippen LogP contribution in [-0.2, 0) is 9.59 Å². The summed E-state index contributed by atoms with van der Waals surface area (Å²) in [5.41, 5.74) is 0. The number of piperazine rings is 1. The first kappa shape index (κ1) is 12.8. The van der Waals surface area contributed by atoms with Crippen LogP contribution in [0, 0.1) is 6.92 Å². The molecule has 2 rings (SSSR count). The maximum absolute atomic E-state index is 12.0. The van der Waals surface area contributed by atoms with Gasteiger partial charge >= 0.3 is 0 Å². The Kier molecular flexibility index (Phi) is 3.81. The van der Waals surface area contributed by atoms with Crippen molar-refractivity contribution in [2.45, 2.75) is 19.9 Å². The van der Waals surface area contributed by atoms with Crippen molar-refractivity contribution in [1.29, 1.82) is 0 Å². The quantitative estimate of drug-likeness (QED) is 0.821. The number of nitrogens with zero attached hydrogens (tertiary/aromatic N) is 1. The van der Waals surface area contributed by atoms with Gasteiger partial charge in [-0.05, 0) is 32.1 Å². The van der Waals surface area contributed by atoms with Gasteiger partial charge in [0.2, 0.25) is 11.8 Å². The molecule has 1 aliphatic heterocycles. The highest BCUT2D eigenvalue weighted by Gasteiger charge is 2.27. The molecule has 1 aromatic rings. The fourth-order valence-electron chi connectivity index (χ4n) is 1.88. The van der Waals surface area contributed by atoms with Crippen LogP contribution < -0.4 is 5.32 Å². The standard InChI is InChI=1S/C13H16N2O2S/c1-9-3-4-11(18-9)5-6-12(16)15-8-7-14-13(17)10(15)2/h3-6,10H,7-8H2,1-2H3,(H,14,17)/b6-5+. The van der Waals surface area contributed by atoms with Gasteiger partial charge in [0.25, 0.3) is 0 Å². The van der Waals surface area contributed by atoms with E-state index in [0.29, 0.717) is 13.1 Å². The number of carbonyl (C=O) groups excluding carboxylic acids is 2. The smallest absolute Gasteiger partial charge is 0.247 e. The molecule has 1 aromatic heterocycles. The number of rotatable bonds is 2. The molecule has 0 aliphatic carbocycles. The van der Waals surface area contributed by atoms with Crippen molar-refractivity contribution in [2.75, 3.05) is 13.1 Å². The third kappa shape index (κ3) is 2.79. The van der Waals surface area contributed by atoms with E-state index in [1.165, 1.54) is 4.88 Å².